The number of carbonyl (C=O) groups is 1. The number of non-ortho nitro benzene ring substituents is 1. The van der Waals surface area contributed by atoms with Gasteiger partial charge in [-0.15, -0.1) is 22.7 Å². The van der Waals surface area contributed by atoms with E-state index in [1.165, 1.54) is 34.8 Å². The number of nitro groups is 1. The lowest BCUT2D eigenvalue weighted by molar-refractivity contribution is -0.384. The van der Waals surface area contributed by atoms with Crippen molar-refractivity contribution in [3.63, 3.8) is 0 Å². The maximum absolute atomic E-state index is 12.6. The topological polar surface area (TPSA) is 98.0 Å². The molecule has 0 spiro atoms. The van der Waals surface area contributed by atoms with Crippen molar-refractivity contribution in [3.8, 4) is 9.88 Å². The van der Waals surface area contributed by atoms with Gasteiger partial charge in [0.1, 0.15) is 5.01 Å². The summed E-state index contributed by atoms with van der Waals surface area (Å²) in [5.74, 6) is -0.268. The Morgan fingerprint density at radius 3 is 2.59 bits per heavy atom. The number of rotatable bonds is 4. The van der Waals surface area contributed by atoms with Crippen LogP contribution >= 0.6 is 34.0 Å². The highest BCUT2D eigenvalue weighted by molar-refractivity contribution is 7.26. The van der Waals surface area contributed by atoms with Gasteiger partial charge in [-0.25, -0.2) is 9.97 Å². The molecule has 0 atom stereocenters. The van der Waals surface area contributed by atoms with Gasteiger partial charge < -0.3 is 0 Å². The number of para-hydroxylation sites is 1. The van der Waals surface area contributed by atoms with Crippen molar-refractivity contribution in [1.82, 2.24) is 9.97 Å². The molecule has 0 fully saturated rings. The molecule has 0 aliphatic carbocycles. The van der Waals surface area contributed by atoms with E-state index < -0.39 is 4.92 Å². The van der Waals surface area contributed by atoms with Crippen molar-refractivity contribution in [2.75, 3.05) is 5.32 Å². The number of thiophene rings is 1. The Bertz CT molecular complexity index is 1370. The average molecular weight is 439 g/mol. The van der Waals surface area contributed by atoms with Gasteiger partial charge >= 0.3 is 0 Å². The molecule has 3 heterocycles. The summed E-state index contributed by atoms with van der Waals surface area (Å²) in [6, 6.07) is 16.0. The van der Waals surface area contributed by atoms with E-state index in [0.717, 1.165) is 20.1 Å². The molecule has 10 heteroatoms. The lowest BCUT2D eigenvalue weighted by atomic mass is 10.3. The third-order valence-electron chi connectivity index (χ3n) is 4.14. The van der Waals surface area contributed by atoms with Gasteiger partial charge in [-0.2, -0.15) is 0 Å². The minimum Gasteiger partial charge on any atom is -0.297 e. The SMILES string of the molecule is O=C(Nc1nc2ccc([N+](=O)[O-])cc2s1)c1ccc(-c2nc3ccccc3s2)s1. The van der Waals surface area contributed by atoms with Crippen LogP contribution in [0.4, 0.5) is 10.8 Å². The fourth-order valence-electron chi connectivity index (χ4n) is 2.79. The average Bonchev–Trinajstić information content (AvgIpc) is 3.43. The van der Waals surface area contributed by atoms with Gasteiger partial charge in [-0.1, -0.05) is 23.5 Å². The summed E-state index contributed by atoms with van der Waals surface area (Å²) in [4.78, 5) is 33.5. The summed E-state index contributed by atoms with van der Waals surface area (Å²) in [5, 5.41) is 15.0. The van der Waals surface area contributed by atoms with Gasteiger partial charge in [-0.05, 0) is 30.3 Å². The number of hydrogen-bond acceptors (Lipinski definition) is 8. The minimum atomic E-state index is -0.452. The minimum absolute atomic E-state index is 0.00207. The molecule has 142 valence electrons. The van der Waals surface area contributed by atoms with E-state index in [0.29, 0.717) is 20.2 Å². The summed E-state index contributed by atoms with van der Waals surface area (Å²) in [6.07, 6.45) is 0. The van der Waals surface area contributed by atoms with E-state index in [2.05, 4.69) is 15.3 Å². The number of carbonyl (C=O) groups excluding carboxylic acids is 1. The number of hydrogen-bond donors (Lipinski definition) is 1. The van der Waals surface area contributed by atoms with Crippen LogP contribution in [0.15, 0.2) is 54.6 Å². The Hall–Kier alpha value is -3.21. The van der Waals surface area contributed by atoms with Crippen LogP contribution in [0.25, 0.3) is 30.3 Å². The molecule has 0 aliphatic rings. The molecule has 7 nitrogen and oxygen atoms in total. The monoisotopic (exact) mass is 438 g/mol. The molecule has 0 saturated heterocycles. The molecule has 29 heavy (non-hydrogen) atoms. The zero-order valence-corrected chi connectivity index (χ0v) is 16.9. The van der Waals surface area contributed by atoms with E-state index in [9.17, 15) is 14.9 Å². The second kappa shape index (κ2) is 6.99. The van der Waals surface area contributed by atoms with E-state index in [1.807, 2.05) is 30.3 Å². The van der Waals surface area contributed by atoms with Gasteiger partial charge in [0.25, 0.3) is 11.6 Å². The molecular weight excluding hydrogens is 428 g/mol. The van der Waals surface area contributed by atoms with Crippen LogP contribution in [0, 0.1) is 10.1 Å². The maximum Gasteiger partial charge on any atom is 0.270 e. The number of fused-ring (bicyclic) bond motifs is 2. The van der Waals surface area contributed by atoms with Crippen molar-refractivity contribution in [2.45, 2.75) is 0 Å². The Labute approximate surface area is 175 Å². The van der Waals surface area contributed by atoms with Crippen molar-refractivity contribution in [1.29, 1.82) is 0 Å². The number of nitro benzene ring substituents is 1. The first-order chi connectivity index (χ1) is 14.1. The number of nitrogens with one attached hydrogen (secondary N) is 1. The predicted molar refractivity (Wildman–Crippen MR) is 117 cm³/mol. The summed E-state index contributed by atoms with van der Waals surface area (Å²) in [7, 11) is 0. The number of amides is 1. The highest BCUT2D eigenvalue weighted by Gasteiger charge is 2.16. The molecule has 5 aromatic rings. The lowest BCUT2D eigenvalue weighted by Gasteiger charge is -1.97. The number of nitrogens with zero attached hydrogens (tertiary/aromatic N) is 3. The fourth-order valence-corrected chi connectivity index (χ4v) is 5.61. The molecular formula is C19H10N4O3S3. The van der Waals surface area contributed by atoms with Crippen molar-refractivity contribution < 1.29 is 9.72 Å². The van der Waals surface area contributed by atoms with Gasteiger partial charge in [0.15, 0.2) is 5.13 Å². The molecule has 1 N–H and O–H groups in total. The van der Waals surface area contributed by atoms with Crippen LogP contribution in [0.1, 0.15) is 9.67 Å². The Balaban J connectivity index is 1.38. The highest BCUT2D eigenvalue weighted by atomic mass is 32.1. The molecule has 0 unspecified atom stereocenters. The first-order valence-corrected chi connectivity index (χ1v) is 10.8. The molecule has 2 aromatic carbocycles. The molecule has 0 bridgehead atoms. The first-order valence-electron chi connectivity index (χ1n) is 8.39. The highest BCUT2D eigenvalue weighted by Crippen LogP contribution is 2.35. The zero-order valence-electron chi connectivity index (χ0n) is 14.5. The lowest BCUT2D eigenvalue weighted by Crippen LogP contribution is -2.09. The quantitative estimate of drug-likeness (QED) is 0.283. The number of anilines is 1. The van der Waals surface area contributed by atoms with E-state index >= 15 is 0 Å². The van der Waals surface area contributed by atoms with Gasteiger partial charge in [0, 0.05) is 12.1 Å². The molecule has 0 saturated carbocycles. The van der Waals surface area contributed by atoms with E-state index in [-0.39, 0.29) is 11.6 Å². The normalized spacial score (nSPS) is 11.2. The smallest absolute Gasteiger partial charge is 0.270 e. The summed E-state index contributed by atoms with van der Waals surface area (Å²) >= 11 is 4.16. The summed E-state index contributed by atoms with van der Waals surface area (Å²) in [6.45, 7) is 0. The third kappa shape index (κ3) is 3.37. The van der Waals surface area contributed by atoms with Crippen molar-refractivity contribution in [3.05, 3.63) is 69.6 Å². The van der Waals surface area contributed by atoms with Gasteiger partial charge in [0.2, 0.25) is 0 Å². The third-order valence-corrected chi connectivity index (χ3v) is 7.36. The molecule has 5 rings (SSSR count). The summed E-state index contributed by atoms with van der Waals surface area (Å²) < 4.78 is 1.75. The predicted octanol–water partition coefficient (Wildman–Crippen LogP) is 5.80. The number of benzene rings is 2. The van der Waals surface area contributed by atoms with Gasteiger partial charge in [-0.3, -0.25) is 20.2 Å². The van der Waals surface area contributed by atoms with Gasteiger partial charge in [0.05, 0.1) is 35.1 Å². The second-order valence-corrected chi connectivity index (χ2v) is 9.18. The molecule has 0 aliphatic heterocycles. The van der Waals surface area contributed by atoms with Crippen LogP contribution in [0.2, 0.25) is 0 Å². The molecule has 3 aromatic heterocycles. The number of thiazole rings is 2. The largest absolute Gasteiger partial charge is 0.297 e. The van der Waals surface area contributed by atoms with Crippen LogP contribution < -0.4 is 5.32 Å². The zero-order chi connectivity index (χ0) is 20.0. The summed E-state index contributed by atoms with van der Waals surface area (Å²) in [5.41, 5.74) is 1.55. The standard InChI is InChI=1S/C19H10N4O3S3/c24-17(22-19-21-12-6-5-10(23(25)26)9-16(12)29-19)14-7-8-15(27-14)18-20-11-3-1-2-4-13(11)28-18/h1-9H,(H,21,22,24). The van der Waals surface area contributed by atoms with E-state index in [1.54, 1.807) is 23.5 Å². The Morgan fingerprint density at radius 2 is 1.76 bits per heavy atom. The number of aromatic nitrogens is 2. The van der Waals surface area contributed by atoms with Crippen molar-refractivity contribution in [2.24, 2.45) is 0 Å². The first kappa shape index (κ1) is 17.9. The second-order valence-electron chi connectivity index (χ2n) is 6.03. The van der Waals surface area contributed by atoms with E-state index in [4.69, 9.17) is 0 Å². The fraction of sp³-hybridized carbons (Fsp3) is 0. The van der Waals surface area contributed by atoms with Crippen LogP contribution in [0.3, 0.4) is 0 Å². The van der Waals surface area contributed by atoms with Crippen molar-refractivity contribution >= 4 is 71.2 Å². The van der Waals surface area contributed by atoms with Crippen LogP contribution in [0.5, 0.6) is 0 Å². The molecule has 1 amide bonds. The maximum atomic E-state index is 12.6. The Morgan fingerprint density at radius 1 is 0.931 bits per heavy atom. The Kier molecular flexibility index (Phi) is 4.31. The van der Waals surface area contributed by atoms with Crippen LogP contribution in [-0.4, -0.2) is 20.8 Å². The molecule has 0 radical (unpaired) electrons. The van der Waals surface area contributed by atoms with Crippen LogP contribution in [-0.2, 0) is 0 Å².